The van der Waals surface area contributed by atoms with Crippen molar-refractivity contribution in [1.82, 2.24) is 15.2 Å². The molecule has 0 unspecified atom stereocenters. The van der Waals surface area contributed by atoms with E-state index in [1.165, 1.54) is 17.8 Å². The van der Waals surface area contributed by atoms with Crippen LogP contribution in [0.3, 0.4) is 0 Å². The van der Waals surface area contributed by atoms with Crippen molar-refractivity contribution in [1.29, 1.82) is 0 Å². The highest BCUT2D eigenvalue weighted by molar-refractivity contribution is 9.10. The molecule has 0 spiro atoms. The van der Waals surface area contributed by atoms with Gasteiger partial charge in [0.05, 0.1) is 12.2 Å². The Labute approximate surface area is 145 Å². The van der Waals surface area contributed by atoms with E-state index >= 15 is 0 Å². The van der Waals surface area contributed by atoms with Crippen molar-refractivity contribution in [2.45, 2.75) is 5.16 Å². The Morgan fingerprint density at radius 2 is 1.91 bits per heavy atom. The molecule has 23 heavy (non-hydrogen) atoms. The molecule has 0 aliphatic heterocycles. The number of hydrogen-bond donors (Lipinski definition) is 1. The molecule has 0 amide bonds. The van der Waals surface area contributed by atoms with Gasteiger partial charge in [0.25, 0.3) is 0 Å². The van der Waals surface area contributed by atoms with Crippen LogP contribution in [-0.4, -0.2) is 27.5 Å². The van der Waals surface area contributed by atoms with E-state index in [-0.39, 0.29) is 5.82 Å². The molecular formula is C16H13BrFN3OS. The first-order valence-corrected chi connectivity index (χ1v) is 8.69. The van der Waals surface area contributed by atoms with Crippen LogP contribution in [0.5, 0.6) is 5.75 Å². The van der Waals surface area contributed by atoms with Gasteiger partial charge < -0.3 is 4.74 Å². The number of nitrogens with one attached hydrogen (secondary N) is 1. The molecule has 0 atom stereocenters. The average Bonchev–Trinajstić information content (AvgIpc) is 3.02. The molecule has 0 bridgehead atoms. The zero-order chi connectivity index (χ0) is 16.1. The van der Waals surface area contributed by atoms with Gasteiger partial charge in [-0.05, 0) is 36.4 Å². The summed E-state index contributed by atoms with van der Waals surface area (Å²) in [6.45, 7) is 0.538. The fourth-order valence-corrected chi connectivity index (χ4v) is 2.79. The first kappa shape index (κ1) is 16.0. The Kier molecular flexibility index (Phi) is 5.30. The van der Waals surface area contributed by atoms with Crippen LogP contribution in [0.2, 0.25) is 0 Å². The summed E-state index contributed by atoms with van der Waals surface area (Å²) < 4.78 is 20.3. The van der Waals surface area contributed by atoms with Crippen LogP contribution in [0, 0.1) is 5.82 Å². The van der Waals surface area contributed by atoms with Crippen molar-refractivity contribution >= 4 is 27.7 Å². The van der Waals surface area contributed by atoms with Crippen LogP contribution >= 0.6 is 27.7 Å². The predicted molar refractivity (Wildman–Crippen MR) is 92.1 cm³/mol. The highest BCUT2D eigenvalue weighted by atomic mass is 79.9. The normalized spacial score (nSPS) is 10.7. The molecule has 0 radical (unpaired) electrons. The van der Waals surface area contributed by atoms with Gasteiger partial charge in [-0.3, -0.25) is 5.10 Å². The Balaban J connectivity index is 1.52. The summed E-state index contributed by atoms with van der Waals surface area (Å²) in [5.74, 6) is 1.62. The van der Waals surface area contributed by atoms with Gasteiger partial charge in [-0.25, -0.2) is 9.37 Å². The number of nitrogens with zero attached hydrogens (tertiary/aromatic N) is 2. The lowest BCUT2D eigenvalue weighted by molar-refractivity contribution is 0.344. The summed E-state index contributed by atoms with van der Waals surface area (Å²) in [6, 6.07) is 14.1. The van der Waals surface area contributed by atoms with Crippen molar-refractivity contribution in [3.05, 3.63) is 58.8 Å². The third-order valence-electron chi connectivity index (χ3n) is 2.99. The van der Waals surface area contributed by atoms with E-state index in [0.29, 0.717) is 28.9 Å². The Morgan fingerprint density at radius 3 is 2.70 bits per heavy atom. The molecule has 1 N–H and O–H groups in total. The van der Waals surface area contributed by atoms with E-state index in [4.69, 9.17) is 4.74 Å². The third-order valence-corrected chi connectivity index (χ3v) is 4.33. The van der Waals surface area contributed by atoms with Crippen molar-refractivity contribution < 1.29 is 9.13 Å². The van der Waals surface area contributed by atoms with Crippen LogP contribution in [0.15, 0.2) is 58.2 Å². The third kappa shape index (κ3) is 4.33. The van der Waals surface area contributed by atoms with Crippen molar-refractivity contribution in [2.24, 2.45) is 0 Å². The second-order valence-corrected chi connectivity index (χ2v) is 6.58. The number of rotatable bonds is 6. The van der Waals surface area contributed by atoms with Gasteiger partial charge in [-0.15, -0.1) is 5.10 Å². The molecule has 1 heterocycles. The van der Waals surface area contributed by atoms with Crippen molar-refractivity contribution in [3.63, 3.8) is 0 Å². The number of hydrogen-bond acceptors (Lipinski definition) is 4. The van der Waals surface area contributed by atoms with Gasteiger partial charge in [-0.1, -0.05) is 39.8 Å². The molecule has 0 saturated heterocycles. The summed E-state index contributed by atoms with van der Waals surface area (Å²) in [6.07, 6.45) is 0. The minimum atomic E-state index is -0.321. The van der Waals surface area contributed by atoms with Crippen molar-refractivity contribution in [3.8, 4) is 17.1 Å². The molecule has 0 aliphatic rings. The molecule has 2 aromatic carbocycles. The van der Waals surface area contributed by atoms with E-state index in [0.717, 1.165) is 10.2 Å². The maximum Gasteiger partial charge on any atom is 0.208 e. The molecule has 4 nitrogen and oxygen atoms in total. The van der Waals surface area contributed by atoms with E-state index in [2.05, 4.69) is 31.1 Å². The second kappa shape index (κ2) is 7.61. The quantitative estimate of drug-likeness (QED) is 0.493. The fourth-order valence-electron chi connectivity index (χ4n) is 1.91. The van der Waals surface area contributed by atoms with Crippen LogP contribution in [0.1, 0.15) is 0 Å². The SMILES string of the molecule is Fc1ccccc1-c1nc(SCCOc2ccc(Br)cc2)n[nH]1. The number of halogens is 2. The van der Waals surface area contributed by atoms with Gasteiger partial charge in [0.1, 0.15) is 11.6 Å². The van der Waals surface area contributed by atoms with Gasteiger partial charge in [0.15, 0.2) is 5.82 Å². The maximum absolute atomic E-state index is 13.7. The average molecular weight is 394 g/mol. The number of benzene rings is 2. The minimum absolute atomic E-state index is 0.321. The summed E-state index contributed by atoms with van der Waals surface area (Å²) in [5, 5.41) is 7.42. The highest BCUT2D eigenvalue weighted by Crippen LogP contribution is 2.22. The molecule has 7 heteroatoms. The van der Waals surface area contributed by atoms with E-state index in [1.54, 1.807) is 18.2 Å². The molecular weight excluding hydrogens is 381 g/mol. The topological polar surface area (TPSA) is 50.8 Å². The molecule has 0 fully saturated rings. The van der Waals surface area contributed by atoms with Crippen molar-refractivity contribution in [2.75, 3.05) is 12.4 Å². The molecule has 3 aromatic rings. The number of aromatic nitrogens is 3. The van der Waals surface area contributed by atoms with Gasteiger partial charge >= 0.3 is 0 Å². The van der Waals surface area contributed by atoms with Crippen LogP contribution < -0.4 is 4.74 Å². The Morgan fingerprint density at radius 1 is 1.13 bits per heavy atom. The number of H-pyrrole nitrogens is 1. The number of aromatic amines is 1. The largest absolute Gasteiger partial charge is 0.493 e. The van der Waals surface area contributed by atoms with Gasteiger partial charge in [0, 0.05) is 10.2 Å². The standard InChI is InChI=1S/C16H13BrFN3OS/c17-11-5-7-12(8-6-11)22-9-10-23-16-19-15(20-21-16)13-3-1-2-4-14(13)18/h1-8H,9-10H2,(H,19,20,21). The van der Waals surface area contributed by atoms with Crippen LogP contribution in [0.25, 0.3) is 11.4 Å². The number of thioether (sulfide) groups is 1. The molecule has 118 valence electrons. The Hall–Kier alpha value is -1.86. The Bertz CT molecular complexity index is 779. The zero-order valence-electron chi connectivity index (χ0n) is 12.0. The lowest BCUT2D eigenvalue weighted by Crippen LogP contribution is -2.00. The monoisotopic (exact) mass is 393 g/mol. The maximum atomic E-state index is 13.7. The van der Waals surface area contributed by atoms with Gasteiger partial charge in [-0.2, -0.15) is 0 Å². The molecule has 3 rings (SSSR count). The molecule has 1 aromatic heterocycles. The highest BCUT2D eigenvalue weighted by Gasteiger charge is 2.09. The van der Waals surface area contributed by atoms with E-state index in [9.17, 15) is 4.39 Å². The first-order valence-electron chi connectivity index (χ1n) is 6.91. The smallest absolute Gasteiger partial charge is 0.208 e. The summed E-state index contributed by atoms with van der Waals surface area (Å²) in [7, 11) is 0. The first-order chi connectivity index (χ1) is 11.2. The van der Waals surface area contributed by atoms with Gasteiger partial charge in [0.2, 0.25) is 5.16 Å². The van der Waals surface area contributed by atoms with Crippen LogP contribution in [0.4, 0.5) is 4.39 Å². The second-order valence-electron chi connectivity index (χ2n) is 4.60. The zero-order valence-corrected chi connectivity index (χ0v) is 14.4. The lowest BCUT2D eigenvalue weighted by Gasteiger charge is -2.04. The lowest BCUT2D eigenvalue weighted by atomic mass is 10.2. The summed E-state index contributed by atoms with van der Waals surface area (Å²) in [4.78, 5) is 4.29. The molecule has 0 saturated carbocycles. The molecule has 0 aliphatic carbocycles. The fraction of sp³-hybridized carbons (Fsp3) is 0.125. The van der Waals surface area contributed by atoms with E-state index in [1.807, 2.05) is 24.3 Å². The predicted octanol–water partition coefficient (Wildman–Crippen LogP) is 4.54. The number of ether oxygens (including phenoxy) is 1. The summed E-state index contributed by atoms with van der Waals surface area (Å²) in [5.41, 5.74) is 0.415. The van der Waals surface area contributed by atoms with Crippen LogP contribution in [-0.2, 0) is 0 Å². The summed E-state index contributed by atoms with van der Waals surface area (Å²) >= 11 is 4.83. The minimum Gasteiger partial charge on any atom is -0.493 e. The van der Waals surface area contributed by atoms with E-state index < -0.39 is 0 Å².